The van der Waals surface area contributed by atoms with E-state index in [1.807, 2.05) is 0 Å². The summed E-state index contributed by atoms with van der Waals surface area (Å²) < 4.78 is 0. The quantitative estimate of drug-likeness (QED) is 0.600. The largest absolute Gasteiger partial charge is 0.0620 e. The first-order valence-corrected chi connectivity index (χ1v) is 9.31. The van der Waals surface area contributed by atoms with Gasteiger partial charge in [0.1, 0.15) is 0 Å². The molecule has 4 bridgehead atoms. The molecule has 0 heteroatoms. The molecule has 0 saturated heterocycles. The SMILES string of the molecule is CC1C(CC2CCC3CC2C3(C)C)CC2CC1C2(C)C. The Hall–Kier alpha value is 0. The van der Waals surface area contributed by atoms with E-state index in [1.54, 1.807) is 32.1 Å². The highest BCUT2D eigenvalue weighted by Crippen LogP contribution is 2.66. The maximum absolute atomic E-state index is 2.59. The minimum Gasteiger partial charge on any atom is -0.0620 e. The van der Waals surface area contributed by atoms with Crippen molar-refractivity contribution >= 4 is 0 Å². The Morgan fingerprint density at radius 1 is 0.750 bits per heavy atom. The van der Waals surface area contributed by atoms with Crippen molar-refractivity contribution in [1.82, 2.24) is 0 Å². The van der Waals surface area contributed by atoms with Crippen LogP contribution in [0.25, 0.3) is 0 Å². The highest BCUT2D eigenvalue weighted by atomic mass is 14.6. The summed E-state index contributed by atoms with van der Waals surface area (Å²) in [6, 6.07) is 0. The summed E-state index contributed by atoms with van der Waals surface area (Å²) in [4.78, 5) is 0. The maximum Gasteiger partial charge on any atom is -0.0295 e. The van der Waals surface area contributed by atoms with Gasteiger partial charge in [0.2, 0.25) is 0 Å². The zero-order chi connectivity index (χ0) is 14.3. The molecule has 0 aromatic carbocycles. The second-order valence-corrected chi connectivity index (χ2v) is 10.1. The first-order chi connectivity index (χ1) is 9.31. The van der Waals surface area contributed by atoms with Gasteiger partial charge in [0, 0.05) is 0 Å². The van der Waals surface area contributed by atoms with E-state index in [9.17, 15) is 0 Å². The first kappa shape index (κ1) is 13.6. The number of fused-ring (bicyclic) bond motifs is 4. The Morgan fingerprint density at radius 2 is 1.40 bits per heavy atom. The molecule has 0 amide bonds. The van der Waals surface area contributed by atoms with E-state index in [0.717, 1.165) is 41.4 Å². The van der Waals surface area contributed by atoms with Gasteiger partial charge in [-0.1, -0.05) is 34.6 Å². The van der Waals surface area contributed by atoms with Crippen molar-refractivity contribution in [1.29, 1.82) is 0 Å². The fraction of sp³-hybridized carbons (Fsp3) is 1.00. The summed E-state index contributed by atoms with van der Waals surface area (Å²) in [5.41, 5.74) is 1.35. The minimum absolute atomic E-state index is 0.670. The summed E-state index contributed by atoms with van der Waals surface area (Å²) in [7, 11) is 0. The lowest BCUT2D eigenvalue weighted by atomic mass is 9.41. The zero-order valence-corrected chi connectivity index (χ0v) is 14.3. The van der Waals surface area contributed by atoms with Crippen molar-refractivity contribution in [2.45, 2.75) is 73.1 Å². The molecule has 0 spiro atoms. The molecule has 7 unspecified atom stereocenters. The molecule has 7 atom stereocenters. The summed E-state index contributed by atoms with van der Waals surface area (Å²) in [5.74, 6) is 7.36. The van der Waals surface area contributed by atoms with Gasteiger partial charge in [-0.25, -0.2) is 0 Å². The number of hydrogen-bond acceptors (Lipinski definition) is 0. The molecule has 6 aliphatic rings. The molecule has 0 nitrogen and oxygen atoms in total. The van der Waals surface area contributed by atoms with E-state index in [4.69, 9.17) is 0 Å². The lowest BCUT2D eigenvalue weighted by molar-refractivity contribution is -0.151. The van der Waals surface area contributed by atoms with Crippen molar-refractivity contribution in [3.8, 4) is 0 Å². The Labute approximate surface area is 126 Å². The van der Waals surface area contributed by atoms with E-state index in [2.05, 4.69) is 34.6 Å². The van der Waals surface area contributed by atoms with Gasteiger partial charge in [-0.2, -0.15) is 0 Å². The number of hydrogen-bond donors (Lipinski definition) is 0. The van der Waals surface area contributed by atoms with E-state index < -0.39 is 0 Å². The predicted octanol–water partition coefficient (Wildman–Crippen LogP) is 5.77. The van der Waals surface area contributed by atoms with Crippen LogP contribution in [0.1, 0.15) is 73.1 Å². The van der Waals surface area contributed by atoms with Crippen LogP contribution in [0, 0.1) is 52.3 Å². The Morgan fingerprint density at radius 3 is 1.95 bits per heavy atom. The van der Waals surface area contributed by atoms with Crippen LogP contribution in [-0.2, 0) is 0 Å². The third-order valence-electron chi connectivity index (χ3n) is 9.12. The predicted molar refractivity (Wildman–Crippen MR) is 85.4 cm³/mol. The highest BCUT2D eigenvalue weighted by Gasteiger charge is 2.58. The third kappa shape index (κ3) is 1.60. The molecular weight excluding hydrogens is 240 g/mol. The molecule has 0 aliphatic heterocycles. The van der Waals surface area contributed by atoms with E-state index >= 15 is 0 Å². The second-order valence-electron chi connectivity index (χ2n) is 10.1. The smallest absolute Gasteiger partial charge is 0.0295 e. The fourth-order valence-corrected chi connectivity index (χ4v) is 7.20. The summed E-state index contributed by atoms with van der Waals surface area (Å²) in [6.45, 7) is 12.8. The topological polar surface area (TPSA) is 0 Å². The maximum atomic E-state index is 2.59. The van der Waals surface area contributed by atoms with Gasteiger partial charge in [-0.3, -0.25) is 0 Å². The second kappa shape index (κ2) is 4.05. The molecule has 6 aliphatic carbocycles. The molecular formula is C20H34. The van der Waals surface area contributed by atoms with Gasteiger partial charge in [0.15, 0.2) is 0 Å². The van der Waals surface area contributed by atoms with Crippen LogP contribution in [0.3, 0.4) is 0 Å². The zero-order valence-electron chi connectivity index (χ0n) is 14.3. The van der Waals surface area contributed by atoms with E-state index in [1.165, 1.54) is 6.42 Å². The standard InChI is InChI=1S/C20H34/c1-12-14(9-16-11-17(12)20(16,4)5)8-13-6-7-15-10-18(13)19(15,2)3/h12-18H,6-11H2,1-5H3. The molecule has 0 aromatic heterocycles. The summed E-state index contributed by atoms with van der Waals surface area (Å²) in [5, 5.41) is 0. The summed E-state index contributed by atoms with van der Waals surface area (Å²) in [6.07, 6.45) is 9.33. The number of rotatable bonds is 2. The van der Waals surface area contributed by atoms with Crippen LogP contribution in [0.15, 0.2) is 0 Å². The molecule has 6 fully saturated rings. The van der Waals surface area contributed by atoms with Crippen LogP contribution < -0.4 is 0 Å². The lowest BCUT2D eigenvalue weighted by Gasteiger charge is -2.64. The van der Waals surface area contributed by atoms with Gasteiger partial charge >= 0.3 is 0 Å². The van der Waals surface area contributed by atoms with Crippen molar-refractivity contribution in [3.63, 3.8) is 0 Å². The third-order valence-corrected chi connectivity index (χ3v) is 9.12. The van der Waals surface area contributed by atoms with Gasteiger partial charge in [-0.05, 0) is 90.8 Å². The van der Waals surface area contributed by atoms with Crippen molar-refractivity contribution in [3.05, 3.63) is 0 Å². The minimum atomic E-state index is 0.670. The van der Waals surface area contributed by atoms with Gasteiger partial charge in [-0.15, -0.1) is 0 Å². The molecule has 6 saturated carbocycles. The first-order valence-electron chi connectivity index (χ1n) is 9.31. The Balaban J connectivity index is 1.43. The Kier molecular flexibility index (Phi) is 2.76. The molecule has 20 heavy (non-hydrogen) atoms. The Bertz CT molecular complexity index is 402. The van der Waals surface area contributed by atoms with Gasteiger partial charge in [0.25, 0.3) is 0 Å². The van der Waals surface area contributed by atoms with Gasteiger partial charge in [0.05, 0.1) is 0 Å². The van der Waals surface area contributed by atoms with Crippen LogP contribution in [0.5, 0.6) is 0 Å². The lowest BCUT2D eigenvalue weighted by Crippen LogP contribution is -2.56. The van der Waals surface area contributed by atoms with Crippen molar-refractivity contribution < 1.29 is 0 Å². The normalized spacial score (nSPS) is 54.8. The average Bonchev–Trinajstić information content (AvgIpc) is 2.40. The molecule has 0 N–H and O–H groups in total. The van der Waals surface area contributed by atoms with Crippen LogP contribution in [0.4, 0.5) is 0 Å². The molecule has 6 rings (SSSR count). The van der Waals surface area contributed by atoms with Crippen LogP contribution >= 0.6 is 0 Å². The van der Waals surface area contributed by atoms with Crippen molar-refractivity contribution in [2.24, 2.45) is 52.3 Å². The fourth-order valence-electron chi connectivity index (χ4n) is 7.20. The highest BCUT2D eigenvalue weighted by molar-refractivity contribution is 5.07. The van der Waals surface area contributed by atoms with Crippen molar-refractivity contribution in [2.75, 3.05) is 0 Å². The van der Waals surface area contributed by atoms with Gasteiger partial charge < -0.3 is 0 Å². The van der Waals surface area contributed by atoms with E-state index in [-0.39, 0.29) is 0 Å². The molecule has 114 valence electrons. The average molecular weight is 274 g/mol. The van der Waals surface area contributed by atoms with Crippen LogP contribution in [0.2, 0.25) is 0 Å². The summed E-state index contributed by atoms with van der Waals surface area (Å²) >= 11 is 0. The monoisotopic (exact) mass is 274 g/mol. The molecule has 0 radical (unpaired) electrons. The molecule has 0 heterocycles. The molecule has 0 aromatic rings. The van der Waals surface area contributed by atoms with Crippen LogP contribution in [-0.4, -0.2) is 0 Å². The van der Waals surface area contributed by atoms with E-state index in [0.29, 0.717) is 10.8 Å².